The molecule has 0 saturated heterocycles. The fourth-order valence-corrected chi connectivity index (χ4v) is 4.63. The number of hydrogen-bond acceptors (Lipinski definition) is 6. The molecule has 0 saturated carbocycles. The van der Waals surface area contributed by atoms with Gasteiger partial charge in [-0.15, -0.1) is 11.3 Å². The maximum atomic E-state index is 12.1. The number of esters is 1. The Morgan fingerprint density at radius 2 is 1.81 bits per heavy atom. The van der Waals surface area contributed by atoms with Crippen LogP contribution in [0.25, 0.3) is 0 Å². The highest BCUT2D eigenvalue weighted by molar-refractivity contribution is 7.89. The number of carbonyl (C=O) groups is 2. The number of nitrogens with zero attached hydrogens (tertiary/aromatic N) is 2. The minimum atomic E-state index is -3.71. The average molecular weight is 494 g/mol. The van der Waals surface area contributed by atoms with E-state index in [1.54, 1.807) is 40.4 Å². The zero-order valence-electron chi connectivity index (χ0n) is 16.8. The van der Waals surface area contributed by atoms with Crippen LogP contribution in [0.3, 0.4) is 0 Å². The topological polar surface area (TPSA) is 107 Å². The van der Waals surface area contributed by atoms with Gasteiger partial charge in [-0.2, -0.15) is 4.99 Å². The highest BCUT2D eigenvalue weighted by Gasteiger charge is 2.14. The number of rotatable bonds is 9. The molecular weight excluding hydrogens is 474 g/mol. The monoisotopic (exact) mass is 493 g/mol. The molecule has 0 aliphatic carbocycles. The van der Waals surface area contributed by atoms with Crippen LogP contribution in [0.4, 0.5) is 0 Å². The molecule has 3 aromatic rings. The SMILES string of the molecule is O=C(COC(=O)CCNS(=O)(=O)c1ccccc1)N=c1sccn1Cc1ccccc1Cl. The van der Waals surface area contributed by atoms with Crippen LogP contribution < -0.4 is 9.52 Å². The number of benzene rings is 2. The Labute approximate surface area is 194 Å². The second-order valence-corrected chi connectivity index (χ2v) is 9.58. The molecule has 1 aromatic heterocycles. The second kappa shape index (κ2) is 11.2. The van der Waals surface area contributed by atoms with E-state index in [4.69, 9.17) is 16.3 Å². The van der Waals surface area contributed by atoms with Crippen molar-refractivity contribution in [2.75, 3.05) is 13.2 Å². The Kier molecular flexibility index (Phi) is 8.34. The molecule has 1 amide bonds. The van der Waals surface area contributed by atoms with Gasteiger partial charge in [-0.05, 0) is 23.8 Å². The normalized spacial score (nSPS) is 12.0. The molecule has 0 radical (unpaired) electrons. The fraction of sp³-hybridized carbons (Fsp3) is 0.190. The third-order valence-corrected chi connectivity index (χ3v) is 6.85. The Morgan fingerprint density at radius 3 is 2.56 bits per heavy atom. The van der Waals surface area contributed by atoms with E-state index in [0.717, 1.165) is 5.56 Å². The third-order valence-electron chi connectivity index (χ3n) is 4.21. The highest BCUT2D eigenvalue weighted by Crippen LogP contribution is 2.15. The predicted molar refractivity (Wildman–Crippen MR) is 121 cm³/mol. The first-order valence-corrected chi connectivity index (χ1v) is 12.2. The Morgan fingerprint density at radius 1 is 1.09 bits per heavy atom. The summed E-state index contributed by atoms with van der Waals surface area (Å²) in [4.78, 5) is 28.5. The number of halogens is 1. The summed E-state index contributed by atoms with van der Waals surface area (Å²) in [6.45, 7) is -0.241. The Balaban J connectivity index is 1.49. The van der Waals surface area contributed by atoms with Crippen LogP contribution in [0, 0.1) is 0 Å². The quantitative estimate of drug-likeness (QED) is 0.461. The van der Waals surface area contributed by atoms with Crippen molar-refractivity contribution in [2.24, 2.45) is 4.99 Å². The molecule has 8 nitrogen and oxygen atoms in total. The van der Waals surface area contributed by atoms with Crippen LogP contribution in [-0.4, -0.2) is 38.0 Å². The van der Waals surface area contributed by atoms with E-state index >= 15 is 0 Å². The molecule has 0 atom stereocenters. The smallest absolute Gasteiger partial charge is 0.307 e. The first-order valence-electron chi connectivity index (χ1n) is 9.50. The van der Waals surface area contributed by atoms with Crippen molar-refractivity contribution in [1.82, 2.24) is 9.29 Å². The maximum absolute atomic E-state index is 12.1. The fourth-order valence-electron chi connectivity index (χ4n) is 2.64. The van der Waals surface area contributed by atoms with E-state index in [9.17, 15) is 18.0 Å². The predicted octanol–water partition coefficient (Wildman–Crippen LogP) is 2.59. The van der Waals surface area contributed by atoms with Gasteiger partial charge in [-0.3, -0.25) is 9.59 Å². The van der Waals surface area contributed by atoms with Crippen LogP contribution in [0.15, 0.2) is 76.1 Å². The molecule has 32 heavy (non-hydrogen) atoms. The van der Waals surface area contributed by atoms with Gasteiger partial charge in [0.2, 0.25) is 10.0 Å². The number of thiazole rings is 1. The lowest BCUT2D eigenvalue weighted by molar-refractivity contribution is -0.147. The Bertz CT molecular complexity index is 1250. The summed E-state index contributed by atoms with van der Waals surface area (Å²) in [7, 11) is -3.71. The zero-order chi connectivity index (χ0) is 23.0. The van der Waals surface area contributed by atoms with E-state index < -0.39 is 28.5 Å². The molecular formula is C21H20ClN3O5S2. The number of amides is 1. The number of hydrogen-bond donors (Lipinski definition) is 1. The van der Waals surface area contributed by atoms with Gasteiger partial charge in [0.05, 0.1) is 17.9 Å². The lowest BCUT2D eigenvalue weighted by Crippen LogP contribution is -2.27. The number of aromatic nitrogens is 1. The van der Waals surface area contributed by atoms with Gasteiger partial charge in [-0.1, -0.05) is 48.0 Å². The van der Waals surface area contributed by atoms with Crippen molar-refractivity contribution in [3.63, 3.8) is 0 Å². The van der Waals surface area contributed by atoms with Gasteiger partial charge in [0.1, 0.15) is 0 Å². The van der Waals surface area contributed by atoms with Gasteiger partial charge in [0.15, 0.2) is 11.4 Å². The average Bonchev–Trinajstić information content (AvgIpc) is 3.21. The Hall–Kier alpha value is -2.79. The van der Waals surface area contributed by atoms with Gasteiger partial charge >= 0.3 is 5.97 Å². The lowest BCUT2D eigenvalue weighted by Gasteiger charge is -2.07. The van der Waals surface area contributed by atoms with Crippen molar-refractivity contribution in [1.29, 1.82) is 0 Å². The van der Waals surface area contributed by atoms with Crippen molar-refractivity contribution in [2.45, 2.75) is 17.9 Å². The van der Waals surface area contributed by atoms with Crippen molar-refractivity contribution in [3.05, 3.63) is 81.6 Å². The van der Waals surface area contributed by atoms with Crippen molar-refractivity contribution in [3.8, 4) is 0 Å². The number of carbonyl (C=O) groups excluding carboxylic acids is 2. The molecule has 2 aromatic carbocycles. The van der Waals surface area contributed by atoms with E-state index in [2.05, 4.69) is 9.71 Å². The number of sulfonamides is 1. The number of nitrogens with one attached hydrogen (secondary N) is 1. The molecule has 0 spiro atoms. The summed E-state index contributed by atoms with van der Waals surface area (Å²) < 4.78 is 33.2. The molecule has 0 unspecified atom stereocenters. The van der Waals surface area contributed by atoms with Gasteiger partial charge in [0.25, 0.3) is 5.91 Å². The molecule has 0 aliphatic rings. The minimum Gasteiger partial charge on any atom is -0.455 e. The summed E-state index contributed by atoms with van der Waals surface area (Å²) in [6.07, 6.45) is 1.57. The number of ether oxygens (including phenoxy) is 1. The first-order chi connectivity index (χ1) is 15.3. The minimum absolute atomic E-state index is 0.100. The van der Waals surface area contributed by atoms with Crippen LogP contribution in [0.5, 0.6) is 0 Å². The highest BCUT2D eigenvalue weighted by atomic mass is 35.5. The summed E-state index contributed by atoms with van der Waals surface area (Å²) in [5.74, 6) is -1.34. The summed E-state index contributed by atoms with van der Waals surface area (Å²) in [5.41, 5.74) is 0.880. The standard InChI is InChI=1S/C21H20ClN3O5S2/c22-18-9-5-4-6-16(18)14-25-12-13-31-21(25)24-19(26)15-30-20(27)10-11-23-32(28,29)17-7-2-1-3-8-17/h1-9,12-13,23H,10-11,14-15H2. The van der Waals surface area contributed by atoms with Crippen molar-refractivity contribution < 1.29 is 22.7 Å². The maximum Gasteiger partial charge on any atom is 0.307 e. The summed E-state index contributed by atoms with van der Waals surface area (Å²) in [6, 6.07) is 15.2. The van der Waals surface area contributed by atoms with Crippen LogP contribution in [-0.2, 0) is 30.9 Å². The van der Waals surface area contributed by atoms with E-state index in [1.807, 2.05) is 18.2 Å². The first kappa shape index (κ1) is 23.9. The largest absolute Gasteiger partial charge is 0.455 e. The molecule has 11 heteroatoms. The van der Waals surface area contributed by atoms with Gasteiger partial charge < -0.3 is 9.30 Å². The molecule has 0 fully saturated rings. The van der Waals surface area contributed by atoms with E-state index in [0.29, 0.717) is 16.4 Å². The van der Waals surface area contributed by atoms with Gasteiger partial charge in [0, 0.05) is 23.1 Å². The van der Waals surface area contributed by atoms with Crippen LogP contribution in [0.2, 0.25) is 5.02 Å². The lowest BCUT2D eigenvalue weighted by atomic mass is 10.2. The zero-order valence-corrected chi connectivity index (χ0v) is 19.2. The van der Waals surface area contributed by atoms with E-state index in [1.165, 1.54) is 23.5 Å². The molecule has 1 heterocycles. The molecule has 3 rings (SSSR count). The molecule has 1 N–H and O–H groups in total. The van der Waals surface area contributed by atoms with Crippen LogP contribution in [0.1, 0.15) is 12.0 Å². The third kappa shape index (κ3) is 6.86. The molecule has 0 aliphatic heterocycles. The molecule has 0 bridgehead atoms. The summed E-state index contributed by atoms with van der Waals surface area (Å²) in [5, 5.41) is 2.40. The van der Waals surface area contributed by atoms with Crippen molar-refractivity contribution >= 4 is 44.8 Å². The molecule has 168 valence electrons. The van der Waals surface area contributed by atoms with E-state index in [-0.39, 0.29) is 17.9 Å². The van der Waals surface area contributed by atoms with Gasteiger partial charge in [-0.25, -0.2) is 13.1 Å². The second-order valence-electron chi connectivity index (χ2n) is 6.53. The summed E-state index contributed by atoms with van der Waals surface area (Å²) >= 11 is 7.45. The van der Waals surface area contributed by atoms with Crippen LogP contribution >= 0.6 is 22.9 Å².